The van der Waals surface area contributed by atoms with E-state index in [0.29, 0.717) is 0 Å². The third-order valence-electron chi connectivity index (χ3n) is 3.23. The van der Waals surface area contributed by atoms with Gasteiger partial charge in [-0.15, -0.1) is 0 Å². The standard InChI is InChI=1S/C15H16O2/c1-10(11(2)16)15(17)14-8-7-12-5-3-4-6-13(12)9-14/h3-10,15,17H,1-2H3. The van der Waals surface area contributed by atoms with E-state index in [1.165, 1.54) is 6.92 Å². The maximum absolute atomic E-state index is 11.3. The Balaban J connectivity index is 2.39. The van der Waals surface area contributed by atoms with Crippen LogP contribution >= 0.6 is 0 Å². The highest BCUT2D eigenvalue weighted by atomic mass is 16.3. The van der Waals surface area contributed by atoms with E-state index < -0.39 is 6.10 Å². The molecular weight excluding hydrogens is 212 g/mol. The minimum atomic E-state index is -0.725. The summed E-state index contributed by atoms with van der Waals surface area (Å²) in [5.74, 6) is -0.359. The van der Waals surface area contributed by atoms with Crippen LogP contribution in [0, 0.1) is 5.92 Å². The highest BCUT2D eigenvalue weighted by Crippen LogP contribution is 2.25. The Bertz CT molecular complexity index is 545. The summed E-state index contributed by atoms with van der Waals surface area (Å²) < 4.78 is 0. The van der Waals surface area contributed by atoms with Gasteiger partial charge in [0.15, 0.2) is 0 Å². The third-order valence-corrected chi connectivity index (χ3v) is 3.23. The Kier molecular flexibility index (Phi) is 3.25. The van der Waals surface area contributed by atoms with Crippen LogP contribution < -0.4 is 0 Å². The number of rotatable bonds is 3. The molecule has 2 aromatic carbocycles. The predicted molar refractivity (Wildman–Crippen MR) is 68.8 cm³/mol. The Labute approximate surface area is 101 Å². The van der Waals surface area contributed by atoms with E-state index in [2.05, 4.69) is 0 Å². The predicted octanol–water partition coefficient (Wildman–Crippen LogP) is 3.10. The lowest BCUT2D eigenvalue weighted by Crippen LogP contribution is -2.16. The fraction of sp³-hybridized carbons (Fsp3) is 0.267. The average molecular weight is 228 g/mol. The molecule has 2 atom stereocenters. The van der Waals surface area contributed by atoms with Crippen LogP contribution in [0.4, 0.5) is 0 Å². The van der Waals surface area contributed by atoms with Crippen LogP contribution in [0.5, 0.6) is 0 Å². The van der Waals surface area contributed by atoms with Crippen molar-refractivity contribution in [3.63, 3.8) is 0 Å². The summed E-state index contributed by atoms with van der Waals surface area (Å²) in [5.41, 5.74) is 0.798. The van der Waals surface area contributed by atoms with Gasteiger partial charge in [0.2, 0.25) is 0 Å². The van der Waals surface area contributed by atoms with Gasteiger partial charge in [-0.2, -0.15) is 0 Å². The highest BCUT2D eigenvalue weighted by molar-refractivity contribution is 5.83. The molecule has 0 radical (unpaired) electrons. The second kappa shape index (κ2) is 4.68. The molecule has 0 heterocycles. The largest absolute Gasteiger partial charge is 0.388 e. The fourth-order valence-corrected chi connectivity index (χ4v) is 1.90. The minimum absolute atomic E-state index is 0.00524. The maximum Gasteiger partial charge on any atom is 0.135 e. The van der Waals surface area contributed by atoms with Crippen molar-refractivity contribution in [2.75, 3.05) is 0 Å². The summed E-state index contributed by atoms with van der Waals surface area (Å²) in [7, 11) is 0. The first-order valence-electron chi connectivity index (χ1n) is 5.77. The molecule has 1 N–H and O–H groups in total. The molecular formula is C15H16O2. The van der Waals surface area contributed by atoms with Crippen molar-refractivity contribution in [3.8, 4) is 0 Å². The molecule has 0 aromatic heterocycles. The Morgan fingerprint density at radius 2 is 1.76 bits per heavy atom. The van der Waals surface area contributed by atoms with Gasteiger partial charge in [-0.25, -0.2) is 0 Å². The first-order chi connectivity index (χ1) is 8.09. The number of Topliss-reactive ketones (excluding diaryl/α,β-unsaturated/α-hetero) is 1. The Hall–Kier alpha value is -1.67. The smallest absolute Gasteiger partial charge is 0.135 e. The quantitative estimate of drug-likeness (QED) is 0.876. The number of carbonyl (C=O) groups excluding carboxylic acids is 1. The zero-order chi connectivity index (χ0) is 12.4. The molecule has 2 rings (SSSR count). The van der Waals surface area contributed by atoms with Crippen molar-refractivity contribution >= 4 is 16.6 Å². The normalized spacial score (nSPS) is 14.5. The fourth-order valence-electron chi connectivity index (χ4n) is 1.90. The van der Waals surface area contributed by atoms with Crippen molar-refractivity contribution in [1.82, 2.24) is 0 Å². The number of ketones is 1. The van der Waals surface area contributed by atoms with Gasteiger partial charge in [0.25, 0.3) is 0 Å². The van der Waals surface area contributed by atoms with Crippen LogP contribution in [0.25, 0.3) is 10.8 Å². The van der Waals surface area contributed by atoms with Gasteiger partial charge in [-0.1, -0.05) is 43.3 Å². The van der Waals surface area contributed by atoms with E-state index in [1.54, 1.807) is 6.92 Å². The lowest BCUT2D eigenvalue weighted by Gasteiger charge is -2.17. The van der Waals surface area contributed by atoms with Crippen molar-refractivity contribution in [3.05, 3.63) is 48.0 Å². The van der Waals surface area contributed by atoms with Crippen LogP contribution in [0.15, 0.2) is 42.5 Å². The number of hydrogen-bond acceptors (Lipinski definition) is 2. The van der Waals surface area contributed by atoms with Crippen molar-refractivity contribution in [2.24, 2.45) is 5.92 Å². The zero-order valence-electron chi connectivity index (χ0n) is 10.1. The van der Waals surface area contributed by atoms with Gasteiger partial charge in [0.1, 0.15) is 5.78 Å². The minimum Gasteiger partial charge on any atom is -0.388 e. The molecule has 0 aliphatic rings. The van der Waals surface area contributed by atoms with Crippen molar-refractivity contribution in [1.29, 1.82) is 0 Å². The maximum atomic E-state index is 11.3. The van der Waals surface area contributed by atoms with Crippen molar-refractivity contribution < 1.29 is 9.90 Å². The lowest BCUT2D eigenvalue weighted by atomic mass is 9.93. The summed E-state index contributed by atoms with van der Waals surface area (Å²) >= 11 is 0. The number of aliphatic hydroxyl groups excluding tert-OH is 1. The molecule has 0 aliphatic carbocycles. The molecule has 2 nitrogen and oxygen atoms in total. The molecule has 0 aliphatic heterocycles. The monoisotopic (exact) mass is 228 g/mol. The molecule has 2 aromatic rings. The summed E-state index contributed by atoms with van der Waals surface area (Å²) in [6, 6.07) is 13.8. The summed E-state index contributed by atoms with van der Waals surface area (Å²) in [4.78, 5) is 11.3. The second-order valence-corrected chi connectivity index (χ2v) is 4.45. The Morgan fingerprint density at radius 1 is 1.12 bits per heavy atom. The molecule has 0 saturated carbocycles. The topological polar surface area (TPSA) is 37.3 Å². The van der Waals surface area contributed by atoms with Crippen LogP contribution in [0.1, 0.15) is 25.5 Å². The van der Waals surface area contributed by atoms with Crippen LogP contribution in [-0.2, 0) is 4.79 Å². The number of hydrogen-bond donors (Lipinski definition) is 1. The van der Waals surface area contributed by atoms with Crippen LogP contribution in [0.3, 0.4) is 0 Å². The molecule has 0 saturated heterocycles. The number of aliphatic hydroxyl groups is 1. The van der Waals surface area contributed by atoms with E-state index in [1.807, 2.05) is 42.5 Å². The highest BCUT2D eigenvalue weighted by Gasteiger charge is 2.20. The average Bonchev–Trinajstić information content (AvgIpc) is 2.36. The van der Waals surface area contributed by atoms with Gasteiger partial charge < -0.3 is 5.11 Å². The molecule has 0 spiro atoms. The summed E-state index contributed by atoms with van der Waals surface area (Å²) in [6.07, 6.45) is -0.725. The van der Waals surface area contributed by atoms with Gasteiger partial charge in [0, 0.05) is 5.92 Å². The molecule has 2 heteroatoms. The van der Waals surface area contributed by atoms with Gasteiger partial charge in [-0.3, -0.25) is 4.79 Å². The molecule has 88 valence electrons. The van der Waals surface area contributed by atoms with Crippen LogP contribution in [-0.4, -0.2) is 10.9 Å². The second-order valence-electron chi connectivity index (χ2n) is 4.45. The van der Waals surface area contributed by atoms with Crippen molar-refractivity contribution in [2.45, 2.75) is 20.0 Å². The van der Waals surface area contributed by atoms with Gasteiger partial charge >= 0.3 is 0 Å². The van der Waals surface area contributed by atoms with Gasteiger partial charge in [-0.05, 0) is 29.3 Å². The summed E-state index contributed by atoms with van der Waals surface area (Å²) in [5, 5.41) is 12.3. The third kappa shape index (κ3) is 2.37. The first-order valence-corrected chi connectivity index (χ1v) is 5.77. The molecule has 0 amide bonds. The number of carbonyl (C=O) groups is 1. The van der Waals surface area contributed by atoms with Gasteiger partial charge in [0.05, 0.1) is 6.10 Å². The van der Waals surface area contributed by atoms with E-state index in [-0.39, 0.29) is 11.7 Å². The molecule has 2 unspecified atom stereocenters. The lowest BCUT2D eigenvalue weighted by molar-refractivity contribution is -0.123. The first kappa shape index (κ1) is 11.8. The van der Waals surface area contributed by atoms with E-state index >= 15 is 0 Å². The summed E-state index contributed by atoms with van der Waals surface area (Å²) in [6.45, 7) is 3.26. The van der Waals surface area contributed by atoms with E-state index in [0.717, 1.165) is 16.3 Å². The number of benzene rings is 2. The molecule has 17 heavy (non-hydrogen) atoms. The van der Waals surface area contributed by atoms with E-state index in [4.69, 9.17) is 0 Å². The Morgan fingerprint density at radius 3 is 2.41 bits per heavy atom. The zero-order valence-corrected chi connectivity index (χ0v) is 10.1. The SMILES string of the molecule is CC(=O)C(C)C(O)c1ccc2ccccc2c1. The molecule has 0 bridgehead atoms. The number of fused-ring (bicyclic) bond motifs is 1. The van der Waals surface area contributed by atoms with Crippen LogP contribution in [0.2, 0.25) is 0 Å². The molecule has 0 fully saturated rings. The van der Waals surface area contributed by atoms with E-state index in [9.17, 15) is 9.90 Å².